The lowest BCUT2D eigenvalue weighted by Gasteiger charge is -2.36. The van der Waals surface area contributed by atoms with Gasteiger partial charge in [-0.3, -0.25) is 9.59 Å². The number of alkyl halides is 3. The highest BCUT2D eigenvalue weighted by Crippen LogP contribution is 2.33. The molecule has 31 heavy (non-hydrogen) atoms. The van der Waals surface area contributed by atoms with E-state index in [0.29, 0.717) is 18.5 Å². The smallest absolute Gasteiger partial charge is 0.338 e. The molecule has 0 radical (unpaired) electrons. The standard InChI is InChI=1S/C23H22F4N2O2/c1-14-20-6-5-19(24)10-16(20)7-8-29(14)22(31)17-11-21(30)28(13-17)12-15-3-2-4-18(9-15)23(25,26)27/h2-6,9-10,14,17H,7-8,11-13H2,1H3. The average Bonchev–Trinajstić information content (AvgIpc) is 3.07. The fraction of sp³-hybridized carbons (Fsp3) is 0.391. The summed E-state index contributed by atoms with van der Waals surface area (Å²) in [6, 6.07) is 9.20. The topological polar surface area (TPSA) is 40.6 Å². The van der Waals surface area contributed by atoms with Crippen LogP contribution in [-0.4, -0.2) is 34.7 Å². The van der Waals surface area contributed by atoms with Crippen LogP contribution in [0.1, 0.15) is 41.6 Å². The number of halogens is 4. The fourth-order valence-electron chi connectivity index (χ4n) is 4.49. The zero-order chi connectivity index (χ0) is 22.3. The molecule has 0 N–H and O–H groups in total. The maximum absolute atomic E-state index is 13.5. The molecule has 2 aliphatic heterocycles. The van der Waals surface area contributed by atoms with Gasteiger partial charge in [-0.05, 0) is 54.3 Å². The monoisotopic (exact) mass is 434 g/mol. The fourth-order valence-corrected chi connectivity index (χ4v) is 4.49. The molecule has 0 aromatic heterocycles. The van der Waals surface area contributed by atoms with E-state index in [2.05, 4.69) is 0 Å². The van der Waals surface area contributed by atoms with E-state index >= 15 is 0 Å². The molecule has 1 saturated heterocycles. The lowest BCUT2D eigenvalue weighted by molar-refractivity contribution is -0.138. The highest BCUT2D eigenvalue weighted by molar-refractivity contribution is 5.89. The van der Waals surface area contributed by atoms with Crippen LogP contribution >= 0.6 is 0 Å². The van der Waals surface area contributed by atoms with Crippen molar-refractivity contribution in [1.82, 2.24) is 9.80 Å². The molecule has 4 nitrogen and oxygen atoms in total. The largest absolute Gasteiger partial charge is 0.416 e. The molecule has 1 fully saturated rings. The second-order valence-electron chi connectivity index (χ2n) is 8.17. The van der Waals surface area contributed by atoms with Gasteiger partial charge in [0.2, 0.25) is 11.8 Å². The van der Waals surface area contributed by atoms with Crippen molar-refractivity contribution in [3.05, 3.63) is 70.5 Å². The lowest BCUT2D eigenvalue weighted by atomic mass is 9.92. The van der Waals surface area contributed by atoms with Gasteiger partial charge in [-0.25, -0.2) is 4.39 Å². The van der Waals surface area contributed by atoms with Gasteiger partial charge in [0, 0.05) is 26.1 Å². The van der Waals surface area contributed by atoms with E-state index in [1.165, 1.54) is 23.1 Å². The third-order valence-corrected chi connectivity index (χ3v) is 6.12. The zero-order valence-corrected chi connectivity index (χ0v) is 17.0. The Kier molecular flexibility index (Phi) is 5.49. The quantitative estimate of drug-likeness (QED) is 0.675. The Morgan fingerprint density at radius 3 is 2.68 bits per heavy atom. The second kappa shape index (κ2) is 7.98. The number of rotatable bonds is 3. The summed E-state index contributed by atoms with van der Waals surface area (Å²) in [6.07, 6.45) is -3.87. The number of fused-ring (bicyclic) bond motifs is 1. The van der Waals surface area contributed by atoms with Crippen molar-refractivity contribution in [3.63, 3.8) is 0 Å². The summed E-state index contributed by atoms with van der Waals surface area (Å²) in [5.74, 6) is -1.25. The molecule has 8 heteroatoms. The van der Waals surface area contributed by atoms with Gasteiger partial charge in [0.1, 0.15) is 5.82 Å². The minimum absolute atomic E-state index is 0.0319. The molecule has 0 spiro atoms. The van der Waals surface area contributed by atoms with Crippen LogP contribution in [0.3, 0.4) is 0 Å². The van der Waals surface area contributed by atoms with Crippen LogP contribution in [-0.2, 0) is 28.7 Å². The molecule has 4 rings (SSSR count). The minimum Gasteiger partial charge on any atom is -0.338 e. The van der Waals surface area contributed by atoms with Crippen LogP contribution in [0.2, 0.25) is 0 Å². The van der Waals surface area contributed by atoms with E-state index in [1.807, 2.05) is 6.92 Å². The molecule has 2 aromatic rings. The molecule has 2 heterocycles. The molecule has 2 aliphatic rings. The molecular weight excluding hydrogens is 412 g/mol. The highest BCUT2D eigenvalue weighted by atomic mass is 19.4. The second-order valence-corrected chi connectivity index (χ2v) is 8.17. The molecule has 164 valence electrons. The van der Waals surface area contributed by atoms with Gasteiger partial charge in [0.05, 0.1) is 17.5 Å². The normalized spacial score (nSPS) is 21.4. The van der Waals surface area contributed by atoms with E-state index in [1.54, 1.807) is 17.0 Å². The van der Waals surface area contributed by atoms with Crippen LogP contribution in [0.4, 0.5) is 17.6 Å². The number of likely N-dealkylation sites (tertiary alicyclic amines) is 1. The van der Waals surface area contributed by atoms with E-state index in [4.69, 9.17) is 0 Å². The predicted octanol–water partition coefficient (Wildman–Crippen LogP) is 4.34. The summed E-state index contributed by atoms with van der Waals surface area (Å²) >= 11 is 0. The van der Waals surface area contributed by atoms with Gasteiger partial charge in [-0.2, -0.15) is 13.2 Å². The maximum atomic E-state index is 13.5. The number of nitrogens with zero attached hydrogens (tertiary/aromatic N) is 2. The first-order valence-corrected chi connectivity index (χ1v) is 10.2. The number of benzene rings is 2. The van der Waals surface area contributed by atoms with Crippen LogP contribution in [0.5, 0.6) is 0 Å². The van der Waals surface area contributed by atoms with Gasteiger partial charge >= 0.3 is 6.18 Å². The number of hydrogen-bond acceptors (Lipinski definition) is 2. The van der Waals surface area contributed by atoms with Crippen LogP contribution in [0.15, 0.2) is 42.5 Å². The third kappa shape index (κ3) is 4.29. The number of carbonyl (C=O) groups excluding carboxylic acids is 2. The SMILES string of the molecule is CC1c2ccc(F)cc2CCN1C(=O)C1CC(=O)N(Cc2cccc(C(F)(F)F)c2)C1. The van der Waals surface area contributed by atoms with Crippen LogP contribution < -0.4 is 0 Å². The summed E-state index contributed by atoms with van der Waals surface area (Å²) in [5, 5.41) is 0. The van der Waals surface area contributed by atoms with Gasteiger partial charge in [-0.15, -0.1) is 0 Å². The Hall–Kier alpha value is -2.90. The van der Waals surface area contributed by atoms with Gasteiger partial charge < -0.3 is 9.80 Å². The van der Waals surface area contributed by atoms with Crippen molar-refractivity contribution < 1.29 is 27.2 Å². The maximum Gasteiger partial charge on any atom is 0.416 e. The van der Waals surface area contributed by atoms with Crippen LogP contribution in [0, 0.1) is 11.7 Å². The van der Waals surface area contributed by atoms with E-state index in [9.17, 15) is 27.2 Å². The molecule has 2 aromatic carbocycles. The predicted molar refractivity (Wildman–Crippen MR) is 105 cm³/mol. The molecule has 2 unspecified atom stereocenters. The Morgan fingerprint density at radius 1 is 1.16 bits per heavy atom. The molecule has 2 atom stereocenters. The highest BCUT2D eigenvalue weighted by Gasteiger charge is 2.39. The zero-order valence-electron chi connectivity index (χ0n) is 17.0. The van der Waals surface area contributed by atoms with Crippen LogP contribution in [0.25, 0.3) is 0 Å². The van der Waals surface area contributed by atoms with E-state index in [-0.39, 0.29) is 43.2 Å². The first-order valence-electron chi connectivity index (χ1n) is 10.2. The summed E-state index contributed by atoms with van der Waals surface area (Å²) in [4.78, 5) is 28.8. The number of hydrogen-bond donors (Lipinski definition) is 0. The Morgan fingerprint density at radius 2 is 1.94 bits per heavy atom. The molecule has 0 bridgehead atoms. The first-order chi connectivity index (χ1) is 14.6. The first kappa shape index (κ1) is 21.3. The van der Waals surface area contributed by atoms with Crippen molar-refractivity contribution in [2.75, 3.05) is 13.1 Å². The van der Waals surface area contributed by atoms with Gasteiger partial charge in [0.15, 0.2) is 0 Å². The molecule has 0 saturated carbocycles. The van der Waals surface area contributed by atoms with Gasteiger partial charge in [-0.1, -0.05) is 18.2 Å². The average molecular weight is 434 g/mol. The third-order valence-electron chi connectivity index (χ3n) is 6.12. The number of carbonyl (C=O) groups is 2. The number of amides is 2. The lowest BCUT2D eigenvalue weighted by Crippen LogP contribution is -2.42. The Balaban J connectivity index is 1.45. The molecule has 0 aliphatic carbocycles. The van der Waals surface area contributed by atoms with Crippen molar-refractivity contribution in [2.24, 2.45) is 5.92 Å². The summed E-state index contributed by atoms with van der Waals surface area (Å²) in [5.41, 5.74) is 1.39. The van der Waals surface area contributed by atoms with E-state index < -0.39 is 17.7 Å². The molecular formula is C23H22F4N2O2. The van der Waals surface area contributed by atoms with E-state index in [0.717, 1.165) is 23.3 Å². The summed E-state index contributed by atoms with van der Waals surface area (Å²) in [7, 11) is 0. The van der Waals surface area contributed by atoms with Crippen molar-refractivity contribution in [2.45, 2.75) is 38.5 Å². The Bertz CT molecular complexity index is 1020. The summed E-state index contributed by atoms with van der Waals surface area (Å²) in [6.45, 7) is 2.53. The van der Waals surface area contributed by atoms with Crippen molar-refractivity contribution >= 4 is 11.8 Å². The Labute approximate surface area is 177 Å². The summed E-state index contributed by atoms with van der Waals surface area (Å²) < 4.78 is 52.3. The van der Waals surface area contributed by atoms with Crippen molar-refractivity contribution in [1.29, 1.82) is 0 Å². The molecule has 2 amide bonds. The van der Waals surface area contributed by atoms with Crippen molar-refractivity contribution in [3.8, 4) is 0 Å². The minimum atomic E-state index is -4.45. The van der Waals surface area contributed by atoms with Gasteiger partial charge in [0.25, 0.3) is 0 Å².